The van der Waals surface area contributed by atoms with E-state index in [-0.39, 0.29) is 5.82 Å². The smallest absolute Gasteiger partial charge is 0.191 e. The average Bonchev–Trinajstić information content (AvgIpc) is 3.01. The van der Waals surface area contributed by atoms with E-state index in [1.165, 1.54) is 6.07 Å². The Hall–Kier alpha value is -2.37. The molecule has 0 atom stereocenters. The highest BCUT2D eigenvalue weighted by Crippen LogP contribution is 2.05. The number of nitrogens with one attached hydrogen (secondary N) is 2. The van der Waals surface area contributed by atoms with E-state index in [4.69, 9.17) is 0 Å². The van der Waals surface area contributed by atoms with Crippen LogP contribution < -0.4 is 10.6 Å². The fourth-order valence-corrected chi connectivity index (χ4v) is 1.93. The molecule has 0 aliphatic carbocycles. The lowest BCUT2D eigenvalue weighted by Crippen LogP contribution is -2.37. The lowest BCUT2D eigenvalue weighted by atomic mass is 10.2. The summed E-state index contributed by atoms with van der Waals surface area (Å²) in [7, 11) is 1.70. The molecule has 0 radical (unpaired) electrons. The first-order chi connectivity index (χ1) is 10.3. The number of imidazole rings is 1. The van der Waals surface area contributed by atoms with Gasteiger partial charge in [0.15, 0.2) is 5.96 Å². The van der Waals surface area contributed by atoms with Crippen molar-refractivity contribution in [1.29, 1.82) is 0 Å². The fraction of sp³-hybridized carbons (Fsp3) is 0.333. The molecule has 21 heavy (non-hydrogen) atoms. The van der Waals surface area contributed by atoms with Gasteiger partial charge >= 0.3 is 0 Å². The molecule has 2 rings (SSSR count). The van der Waals surface area contributed by atoms with E-state index >= 15 is 0 Å². The molecule has 0 amide bonds. The van der Waals surface area contributed by atoms with Gasteiger partial charge in [0.25, 0.3) is 0 Å². The molecule has 2 N–H and O–H groups in total. The molecule has 6 heteroatoms. The normalized spacial score (nSPS) is 11.4. The molecule has 5 nitrogen and oxygen atoms in total. The zero-order valence-corrected chi connectivity index (χ0v) is 12.1. The lowest BCUT2D eigenvalue weighted by molar-refractivity contribution is 0.601. The minimum Gasteiger partial charge on any atom is -0.356 e. The summed E-state index contributed by atoms with van der Waals surface area (Å²) in [6.45, 7) is 2.10. The van der Waals surface area contributed by atoms with Gasteiger partial charge in [-0.05, 0) is 12.5 Å². The van der Waals surface area contributed by atoms with Crippen LogP contribution in [0.15, 0.2) is 48.0 Å². The van der Waals surface area contributed by atoms with Crippen molar-refractivity contribution in [2.24, 2.45) is 4.99 Å². The Labute approximate surface area is 123 Å². The first-order valence-corrected chi connectivity index (χ1v) is 6.93. The maximum absolute atomic E-state index is 13.5. The van der Waals surface area contributed by atoms with E-state index < -0.39 is 0 Å². The Kier molecular flexibility index (Phi) is 5.75. The first-order valence-electron chi connectivity index (χ1n) is 6.93. The minimum atomic E-state index is -0.208. The van der Waals surface area contributed by atoms with Gasteiger partial charge in [-0.2, -0.15) is 0 Å². The SMILES string of the molecule is CN=C(NCCCn1ccnc1)NCc1ccccc1F. The number of guanidine groups is 1. The van der Waals surface area contributed by atoms with Crippen LogP contribution in [0.2, 0.25) is 0 Å². The Bertz CT molecular complexity index is 565. The molecule has 0 spiro atoms. The highest BCUT2D eigenvalue weighted by atomic mass is 19.1. The number of nitrogens with zero attached hydrogens (tertiary/aromatic N) is 3. The van der Waals surface area contributed by atoms with Crippen LogP contribution in [0.25, 0.3) is 0 Å². The van der Waals surface area contributed by atoms with Crippen molar-refractivity contribution in [3.8, 4) is 0 Å². The van der Waals surface area contributed by atoms with Gasteiger partial charge in [-0.15, -0.1) is 0 Å². The maximum atomic E-state index is 13.5. The molecule has 112 valence electrons. The molecule has 1 aromatic carbocycles. The summed E-state index contributed by atoms with van der Waals surface area (Å²) in [5.41, 5.74) is 0.624. The van der Waals surface area contributed by atoms with E-state index in [2.05, 4.69) is 20.6 Å². The second kappa shape index (κ2) is 8.04. The molecule has 2 aromatic rings. The van der Waals surface area contributed by atoms with Crippen LogP contribution in [0, 0.1) is 5.82 Å². The van der Waals surface area contributed by atoms with Gasteiger partial charge in [-0.1, -0.05) is 18.2 Å². The van der Waals surface area contributed by atoms with Crippen LogP contribution in [0.5, 0.6) is 0 Å². The molecule has 0 bridgehead atoms. The van der Waals surface area contributed by atoms with Gasteiger partial charge in [0.2, 0.25) is 0 Å². The molecular weight excluding hydrogens is 269 g/mol. The van der Waals surface area contributed by atoms with Crippen LogP contribution in [0.3, 0.4) is 0 Å². The largest absolute Gasteiger partial charge is 0.356 e. The molecule has 0 aliphatic rings. The summed E-state index contributed by atoms with van der Waals surface area (Å²) in [5.74, 6) is 0.462. The van der Waals surface area contributed by atoms with Crippen molar-refractivity contribution in [2.75, 3.05) is 13.6 Å². The zero-order chi connectivity index (χ0) is 14.9. The number of hydrogen-bond donors (Lipinski definition) is 2. The maximum Gasteiger partial charge on any atom is 0.191 e. The number of aliphatic imine (C=N–C) groups is 1. The summed E-state index contributed by atoms with van der Waals surface area (Å²) < 4.78 is 15.5. The molecule has 0 saturated heterocycles. The van der Waals surface area contributed by atoms with Gasteiger partial charge in [0.1, 0.15) is 5.82 Å². The standard InChI is InChI=1S/C15H20FN5/c1-17-15(19-7-4-9-21-10-8-18-12-21)20-11-13-5-2-3-6-14(13)16/h2-3,5-6,8,10,12H,4,7,9,11H2,1H3,(H2,17,19,20). The van der Waals surface area contributed by atoms with Crippen LogP contribution in [0.1, 0.15) is 12.0 Å². The van der Waals surface area contributed by atoms with Crippen molar-refractivity contribution < 1.29 is 4.39 Å². The van der Waals surface area contributed by atoms with Gasteiger partial charge in [-0.25, -0.2) is 9.37 Å². The molecule has 0 aliphatic heterocycles. The molecule has 0 fully saturated rings. The highest BCUT2D eigenvalue weighted by molar-refractivity contribution is 5.79. The van der Waals surface area contributed by atoms with Crippen molar-refractivity contribution in [1.82, 2.24) is 20.2 Å². The fourth-order valence-electron chi connectivity index (χ4n) is 1.93. The Morgan fingerprint density at radius 1 is 1.33 bits per heavy atom. The number of benzene rings is 1. The molecule has 1 aromatic heterocycles. The van der Waals surface area contributed by atoms with Gasteiger partial charge in [0, 0.05) is 44.6 Å². The summed E-state index contributed by atoms with van der Waals surface area (Å²) in [4.78, 5) is 8.11. The first kappa shape index (κ1) is 15.0. The number of aromatic nitrogens is 2. The van der Waals surface area contributed by atoms with E-state index in [0.29, 0.717) is 18.1 Å². The van der Waals surface area contributed by atoms with Crippen molar-refractivity contribution in [3.63, 3.8) is 0 Å². The van der Waals surface area contributed by atoms with Crippen LogP contribution in [-0.4, -0.2) is 29.1 Å². The topological polar surface area (TPSA) is 54.2 Å². The summed E-state index contributed by atoms with van der Waals surface area (Å²) in [6, 6.07) is 6.72. The number of rotatable bonds is 6. The van der Waals surface area contributed by atoms with E-state index in [0.717, 1.165) is 19.5 Å². The van der Waals surface area contributed by atoms with Gasteiger partial charge in [0.05, 0.1) is 6.33 Å². The third kappa shape index (κ3) is 4.91. The summed E-state index contributed by atoms with van der Waals surface area (Å²) in [6.07, 6.45) is 6.45. The second-order valence-electron chi connectivity index (χ2n) is 4.60. The van der Waals surface area contributed by atoms with Crippen molar-refractivity contribution in [3.05, 3.63) is 54.4 Å². The van der Waals surface area contributed by atoms with E-state index in [1.807, 2.05) is 16.8 Å². The zero-order valence-electron chi connectivity index (χ0n) is 12.1. The Morgan fingerprint density at radius 2 is 2.19 bits per heavy atom. The predicted octanol–water partition coefficient (Wildman–Crippen LogP) is 1.78. The van der Waals surface area contributed by atoms with Gasteiger partial charge in [-0.3, -0.25) is 4.99 Å². The highest BCUT2D eigenvalue weighted by Gasteiger charge is 2.02. The number of aryl methyl sites for hydroxylation is 1. The molecule has 0 saturated carbocycles. The van der Waals surface area contributed by atoms with E-state index in [1.54, 1.807) is 31.7 Å². The number of halogens is 1. The quantitative estimate of drug-likeness (QED) is 0.484. The molecular formula is C15H20FN5. The van der Waals surface area contributed by atoms with Crippen molar-refractivity contribution in [2.45, 2.75) is 19.5 Å². The predicted molar refractivity (Wildman–Crippen MR) is 81.4 cm³/mol. The number of hydrogen-bond acceptors (Lipinski definition) is 2. The summed E-state index contributed by atoms with van der Waals surface area (Å²) in [5, 5.41) is 6.30. The van der Waals surface area contributed by atoms with Crippen molar-refractivity contribution >= 4 is 5.96 Å². The van der Waals surface area contributed by atoms with Crippen LogP contribution in [0.4, 0.5) is 4.39 Å². The second-order valence-corrected chi connectivity index (χ2v) is 4.60. The third-order valence-electron chi connectivity index (χ3n) is 3.07. The minimum absolute atomic E-state index is 0.208. The Balaban J connectivity index is 1.70. The van der Waals surface area contributed by atoms with Gasteiger partial charge < -0.3 is 15.2 Å². The molecule has 0 unspecified atom stereocenters. The molecule has 1 heterocycles. The van der Waals surface area contributed by atoms with E-state index in [9.17, 15) is 4.39 Å². The Morgan fingerprint density at radius 3 is 2.90 bits per heavy atom. The monoisotopic (exact) mass is 289 g/mol. The lowest BCUT2D eigenvalue weighted by Gasteiger charge is -2.12. The third-order valence-corrected chi connectivity index (χ3v) is 3.07. The van der Waals surface area contributed by atoms with Crippen LogP contribution in [-0.2, 0) is 13.1 Å². The summed E-state index contributed by atoms with van der Waals surface area (Å²) >= 11 is 0. The van der Waals surface area contributed by atoms with Crippen LogP contribution >= 0.6 is 0 Å². The average molecular weight is 289 g/mol.